The third-order valence-electron chi connectivity index (χ3n) is 6.15. The molecule has 184 valence electrons. The molecular formula is C22H41N5O5. The molecule has 1 heterocycles. The molecule has 0 spiro atoms. The summed E-state index contributed by atoms with van der Waals surface area (Å²) < 4.78 is 0. The molecule has 0 aromatic heterocycles. The highest BCUT2D eigenvalue weighted by Crippen LogP contribution is 2.21. The molecule has 0 aliphatic carbocycles. The van der Waals surface area contributed by atoms with E-state index in [-0.39, 0.29) is 11.8 Å². The van der Waals surface area contributed by atoms with Gasteiger partial charge < -0.3 is 32.1 Å². The molecule has 0 aromatic carbocycles. The highest BCUT2D eigenvalue weighted by atomic mass is 16.4. The molecule has 0 bridgehead atoms. The van der Waals surface area contributed by atoms with Gasteiger partial charge in [0.25, 0.3) is 0 Å². The van der Waals surface area contributed by atoms with Crippen LogP contribution in [0.2, 0.25) is 0 Å². The predicted molar refractivity (Wildman–Crippen MR) is 121 cm³/mol. The summed E-state index contributed by atoms with van der Waals surface area (Å²) in [6.45, 7) is 8.20. The van der Waals surface area contributed by atoms with Crippen LogP contribution in [0.5, 0.6) is 0 Å². The van der Waals surface area contributed by atoms with Crippen LogP contribution in [0.4, 0.5) is 0 Å². The molecule has 1 aliphatic heterocycles. The predicted octanol–water partition coefficient (Wildman–Crippen LogP) is 0.190. The van der Waals surface area contributed by atoms with E-state index in [1.165, 1.54) is 4.90 Å². The Kier molecular flexibility index (Phi) is 11.6. The molecule has 1 saturated heterocycles. The number of amides is 3. The minimum absolute atomic E-state index is 0.184. The van der Waals surface area contributed by atoms with Gasteiger partial charge in [0.2, 0.25) is 17.7 Å². The second kappa shape index (κ2) is 13.4. The van der Waals surface area contributed by atoms with Crippen molar-refractivity contribution in [2.24, 2.45) is 23.3 Å². The Morgan fingerprint density at radius 1 is 1.06 bits per heavy atom. The smallest absolute Gasteiger partial charge is 0.326 e. The van der Waals surface area contributed by atoms with Gasteiger partial charge >= 0.3 is 5.97 Å². The van der Waals surface area contributed by atoms with Crippen molar-refractivity contribution in [1.29, 1.82) is 0 Å². The van der Waals surface area contributed by atoms with Crippen LogP contribution in [0.15, 0.2) is 0 Å². The lowest BCUT2D eigenvalue weighted by Gasteiger charge is -2.32. The minimum Gasteiger partial charge on any atom is -0.480 e. The van der Waals surface area contributed by atoms with Gasteiger partial charge in [0, 0.05) is 6.54 Å². The van der Waals surface area contributed by atoms with Gasteiger partial charge in [-0.25, -0.2) is 4.79 Å². The number of likely N-dealkylation sites (tertiary alicyclic amines) is 1. The Balaban J connectivity index is 2.92. The third-order valence-corrected chi connectivity index (χ3v) is 6.15. The van der Waals surface area contributed by atoms with E-state index in [0.717, 1.165) is 12.8 Å². The minimum atomic E-state index is -1.04. The fourth-order valence-corrected chi connectivity index (χ4v) is 3.82. The summed E-state index contributed by atoms with van der Waals surface area (Å²) in [5.41, 5.74) is 11.4. The summed E-state index contributed by atoms with van der Waals surface area (Å²) >= 11 is 0. The molecule has 0 saturated carbocycles. The number of carbonyl (C=O) groups is 4. The van der Waals surface area contributed by atoms with Crippen molar-refractivity contribution in [2.75, 3.05) is 13.1 Å². The fourth-order valence-electron chi connectivity index (χ4n) is 3.82. The maximum atomic E-state index is 13.1. The van der Waals surface area contributed by atoms with Crippen LogP contribution in [0.1, 0.15) is 66.2 Å². The second-order valence-corrected chi connectivity index (χ2v) is 9.02. The van der Waals surface area contributed by atoms with Crippen LogP contribution >= 0.6 is 0 Å². The van der Waals surface area contributed by atoms with E-state index < -0.39 is 47.9 Å². The summed E-state index contributed by atoms with van der Waals surface area (Å²) in [6, 6.07) is -3.36. The average molecular weight is 456 g/mol. The Morgan fingerprint density at radius 3 is 2.22 bits per heavy atom. The van der Waals surface area contributed by atoms with Crippen molar-refractivity contribution in [3.05, 3.63) is 0 Å². The van der Waals surface area contributed by atoms with Gasteiger partial charge in [-0.05, 0) is 44.1 Å². The van der Waals surface area contributed by atoms with Crippen molar-refractivity contribution in [3.8, 4) is 0 Å². The maximum Gasteiger partial charge on any atom is 0.326 e. The van der Waals surface area contributed by atoms with E-state index in [2.05, 4.69) is 10.6 Å². The molecule has 7 N–H and O–H groups in total. The Labute approximate surface area is 190 Å². The number of aliphatic carboxylic acids is 1. The number of carboxylic acids is 1. The number of rotatable bonds is 13. The van der Waals surface area contributed by atoms with Gasteiger partial charge in [-0.3, -0.25) is 14.4 Å². The highest BCUT2D eigenvalue weighted by molar-refractivity contribution is 5.94. The van der Waals surface area contributed by atoms with Gasteiger partial charge in [0.15, 0.2) is 0 Å². The summed E-state index contributed by atoms with van der Waals surface area (Å²) in [7, 11) is 0. The van der Waals surface area contributed by atoms with E-state index in [1.807, 2.05) is 13.8 Å². The Hall–Kier alpha value is -2.20. The first-order chi connectivity index (χ1) is 15.0. The lowest BCUT2D eigenvalue weighted by molar-refractivity contribution is -0.150. The van der Waals surface area contributed by atoms with Crippen LogP contribution < -0.4 is 22.1 Å². The topological polar surface area (TPSA) is 168 Å². The largest absolute Gasteiger partial charge is 0.480 e. The van der Waals surface area contributed by atoms with Crippen LogP contribution in [0.3, 0.4) is 0 Å². The van der Waals surface area contributed by atoms with Crippen LogP contribution in [0.25, 0.3) is 0 Å². The standard InChI is InChI=1S/C22H41N5O5/c1-5-14(4)18(26-19(28)15(24)9-6-7-11-23)20(29)25-17(13(2)3)21(30)27-12-8-10-16(27)22(31)32/h13-18H,5-12,23-24H2,1-4H3,(H,25,29)(H,26,28)(H,31,32). The first-order valence-electron chi connectivity index (χ1n) is 11.6. The number of unbranched alkanes of at least 4 members (excludes halogenated alkanes) is 1. The van der Waals surface area contributed by atoms with Crippen LogP contribution in [-0.2, 0) is 19.2 Å². The lowest BCUT2D eigenvalue weighted by Crippen LogP contribution is -2.59. The van der Waals surface area contributed by atoms with Crippen molar-refractivity contribution in [3.63, 3.8) is 0 Å². The first-order valence-corrected chi connectivity index (χ1v) is 11.6. The molecule has 0 aromatic rings. The van der Waals surface area contributed by atoms with Gasteiger partial charge in [0.05, 0.1) is 6.04 Å². The van der Waals surface area contributed by atoms with Crippen molar-refractivity contribution in [1.82, 2.24) is 15.5 Å². The monoisotopic (exact) mass is 455 g/mol. The molecule has 1 fully saturated rings. The number of nitrogens with two attached hydrogens (primary N) is 2. The Bertz CT molecular complexity index is 657. The molecule has 5 atom stereocenters. The summed E-state index contributed by atoms with van der Waals surface area (Å²) in [5, 5.41) is 14.9. The number of hydrogen-bond acceptors (Lipinski definition) is 6. The summed E-state index contributed by atoms with van der Waals surface area (Å²) in [4.78, 5) is 51.6. The number of nitrogens with one attached hydrogen (secondary N) is 2. The lowest BCUT2D eigenvalue weighted by atomic mass is 9.95. The SMILES string of the molecule is CCC(C)C(NC(=O)C(N)CCCCN)C(=O)NC(C(=O)N1CCCC1C(=O)O)C(C)C. The molecular weight excluding hydrogens is 414 g/mol. The van der Waals surface area contributed by atoms with Crippen molar-refractivity contribution < 1.29 is 24.3 Å². The van der Waals surface area contributed by atoms with E-state index in [4.69, 9.17) is 11.5 Å². The molecule has 3 amide bonds. The number of nitrogens with zero attached hydrogens (tertiary/aromatic N) is 1. The molecule has 10 nitrogen and oxygen atoms in total. The summed E-state index contributed by atoms with van der Waals surface area (Å²) in [6.07, 6.45) is 3.59. The Morgan fingerprint density at radius 2 is 1.69 bits per heavy atom. The maximum absolute atomic E-state index is 13.1. The van der Waals surface area contributed by atoms with Gasteiger partial charge in [-0.1, -0.05) is 40.5 Å². The van der Waals surface area contributed by atoms with Gasteiger partial charge in [0.1, 0.15) is 18.1 Å². The number of carboxylic acid groups (broad SMARTS) is 1. The van der Waals surface area contributed by atoms with Crippen LogP contribution in [0, 0.1) is 11.8 Å². The van der Waals surface area contributed by atoms with Gasteiger partial charge in [-0.15, -0.1) is 0 Å². The molecule has 1 aliphatic rings. The first kappa shape index (κ1) is 27.8. The van der Waals surface area contributed by atoms with E-state index in [1.54, 1.807) is 13.8 Å². The molecule has 32 heavy (non-hydrogen) atoms. The zero-order chi connectivity index (χ0) is 24.4. The average Bonchev–Trinajstić information content (AvgIpc) is 3.24. The van der Waals surface area contributed by atoms with Crippen LogP contribution in [-0.4, -0.2) is 71.0 Å². The highest BCUT2D eigenvalue weighted by Gasteiger charge is 2.39. The number of hydrogen-bond donors (Lipinski definition) is 5. The zero-order valence-electron chi connectivity index (χ0n) is 19.8. The van der Waals surface area contributed by atoms with E-state index in [9.17, 15) is 24.3 Å². The molecule has 0 radical (unpaired) electrons. The normalized spacial score (nSPS) is 19.8. The van der Waals surface area contributed by atoms with Gasteiger partial charge in [-0.2, -0.15) is 0 Å². The van der Waals surface area contributed by atoms with E-state index >= 15 is 0 Å². The third kappa shape index (κ3) is 7.74. The second-order valence-electron chi connectivity index (χ2n) is 9.02. The zero-order valence-corrected chi connectivity index (χ0v) is 19.8. The fraction of sp³-hybridized carbons (Fsp3) is 0.818. The molecule has 1 rings (SSSR count). The summed E-state index contributed by atoms with van der Waals surface area (Å²) in [5.74, 6) is -2.78. The van der Waals surface area contributed by atoms with Crippen molar-refractivity contribution >= 4 is 23.7 Å². The van der Waals surface area contributed by atoms with E-state index in [0.29, 0.717) is 38.8 Å². The molecule has 5 unspecified atom stereocenters. The number of carbonyl (C=O) groups excluding carboxylic acids is 3. The molecule has 10 heteroatoms. The quantitative estimate of drug-likeness (QED) is 0.247. The van der Waals surface area contributed by atoms with Crippen molar-refractivity contribution in [2.45, 2.75) is 90.4 Å².